The van der Waals surface area contributed by atoms with Gasteiger partial charge >= 0.3 is 12.1 Å². The van der Waals surface area contributed by atoms with E-state index < -0.39 is 42.3 Å². The number of carbonyl (C=O) groups excluding carboxylic acids is 1. The van der Waals surface area contributed by atoms with Crippen molar-refractivity contribution < 1.29 is 27.8 Å². The molecule has 0 fully saturated rings. The van der Waals surface area contributed by atoms with Gasteiger partial charge in [0.15, 0.2) is 11.6 Å². The molecule has 0 spiro atoms. The third-order valence-corrected chi connectivity index (χ3v) is 4.24. The van der Waals surface area contributed by atoms with Crippen molar-refractivity contribution >= 4 is 34.0 Å². The van der Waals surface area contributed by atoms with Gasteiger partial charge in [-0.05, 0) is 35.5 Å². The number of hydrogen-bond donors (Lipinski definition) is 3. The summed E-state index contributed by atoms with van der Waals surface area (Å²) in [6, 6.07) is 11.0. The van der Waals surface area contributed by atoms with Crippen LogP contribution in [-0.4, -0.2) is 34.2 Å². The Labute approximate surface area is 178 Å². The van der Waals surface area contributed by atoms with Crippen LogP contribution < -0.4 is 5.32 Å². The summed E-state index contributed by atoms with van der Waals surface area (Å²) in [5, 5.41) is 24.4. The number of nitrogens with one attached hydrogen (secondary N) is 2. The molecule has 12 heteroatoms. The normalized spacial score (nSPS) is 12.1. The molecule has 0 saturated carbocycles. The van der Waals surface area contributed by atoms with Crippen molar-refractivity contribution in [1.29, 1.82) is 5.26 Å². The van der Waals surface area contributed by atoms with Crippen molar-refractivity contribution in [3.8, 4) is 6.07 Å². The van der Waals surface area contributed by atoms with E-state index in [0.717, 1.165) is 12.1 Å². The summed E-state index contributed by atoms with van der Waals surface area (Å²) >= 11 is 0. The topological polar surface area (TPSA) is 140 Å². The number of para-hydroxylation sites is 2. The van der Waals surface area contributed by atoms with Crippen molar-refractivity contribution in [3.63, 3.8) is 0 Å². The number of aliphatic hydroxyl groups excluding tert-OH is 1. The molecule has 2 aromatic carbocycles. The molecule has 3 N–H and O–H groups in total. The van der Waals surface area contributed by atoms with E-state index in [-0.39, 0.29) is 17.1 Å². The predicted molar refractivity (Wildman–Crippen MR) is 108 cm³/mol. The number of ether oxygens (including phenoxy) is 1. The molecule has 3 rings (SSSR count). The van der Waals surface area contributed by atoms with E-state index >= 15 is 0 Å². The highest BCUT2D eigenvalue weighted by Crippen LogP contribution is 2.35. The number of alkyl halides is 3. The maximum atomic E-state index is 12.7. The third kappa shape index (κ3) is 5.01. The molecule has 3 aromatic rings. The second kappa shape index (κ2) is 9.17. The molecular formula is C20H14F3N5O4. The number of allylic oxidation sites excluding steroid dienone is 1. The van der Waals surface area contributed by atoms with E-state index in [0.29, 0.717) is 17.1 Å². The van der Waals surface area contributed by atoms with Crippen LogP contribution in [0.25, 0.3) is 16.6 Å². The zero-order valence-electron chi connectivity index (χ0n) is 16.1. The summed E-state index contributed by atoms with van der Waals surface area (Å²) in [4.78, 5) is 29.8. The molecular weight excluding hydrogens is 431 g/mol. The molecule has 164 valence electrons. The number of benzene rings is 2. The monoisotopic (exact) mass is 445 g/mol. The predicted octanol–water partition coefficient (Wildman–Crippen LogP) is 4.43. The lowest BCUT2D eigenvalue weighted by molar-refractivity contribution is -0.141. The van der Waals surface area contributed by atoms with Gasteiger partial charge in [-0.2, -0.15) is 18.4 Å². The maximum absolute atomic E-state index is 12.7. The molecule has 9 nitrogen and oxygen atoms in total. The molecule has 0 bridgehead atoms. The van der Waals surface area contributed by atoms with Crippen LogP contribution in [0.4, 0.5) is 24.5 Å². The van der Waals surface area contributed by atoms with Crippen LogP contribution in [0.2, 0.25) is 0 Å². The van der Waals surface area contributed by atoms with Crippen LogP contribution in [0.1, 0.15) is 11.4 Å². The Balaban J connectivity index is 1.64. The highest BCUT2D eigenvalue weighted by Gasteiger charge is 2.31. The Hall–Kier alpha value is -4.40. The average molecular weight is 445 g/mol. The Bertz CT molecular complexity index is 1210. The fourth-order valence-corrected chi connectivity index (χ4v) is 2.70. The fraction of sp³-hybridized carbons (Fsp3) is 0.150. The van der Waals surface area contributed by atoms with E-state index in [2.05, 4.69) is 20.5 Å². The number of hydrogen-bond acceptors (Lipinski definition) is 8. The molecule has 1 aromatic heterocycles. The number of esters is 1. The highest BCUT2D eigenvalue weighted by atomic mass is 19.4. The first-order valence-electron chi connectivity index (χ1n) is 8.94. The standard InChI is InChI=1S/C20H14F3N5O4/c21-20(22,23)11-5-6-13(16(7-11)28-31)25-9-18(30)32-10-17(29)12(8-24)19-26-14-3-1-2-4-15(14)27-19/h1-7,25,29H,9-10H2,(H,26,27). The molecule has 0 amide bonds. The number of aromatic nitrogens is 2. The van der Waals surface area contributed by atoms with Crippen molar-refractivity contribution in [3.05, 3.63) is 64.5 Å². The van der Waals surface area contributed by atoms with Crippen molar-refractivity contribution in [2.45, 2.75) is 6.18 Å². The van der Waals surface area contributed by atoms with Gasteiger partial charge < -0.3 is 20.1 Å². The van der Waals surface area contributed by atoms with Crippen LogP contribution in [-0.2, 0) is 15.7 Å². The molecule has 32 heavy (non-hydrogen) atoms. The Morgan fingerprint density at radius 2 is 2.03 bits per heavy atom. The molecule has 0 unspecified atom stereocenters. The number of rotatable bonds is 7. The summed E-state index contributed by atoms with van der Waals surface area (Å²) in [6.45, 7) is -1.18. The number of imidazole rings is 1. The lowest BCUT2D eigenvalue weighted by Crippen LogP contribution is -2.18. The number of anilines is 1. The van der Waals surface area contributed by atoms with Gasteiger partial charge in [0.2, 0.25) is 0 Å². The van der Waals surface area contributed by atoms with Crippen LogP contribution in [0.3, 0.4) is 0 Å². The minimum atomic E-state index is -4.65. The van der Waals surface area contributed by atoms with Crippen molar-refractivity contribution in [1.82, 2.24) is 9.97 Å². The number of H-pyrrole nitrogens is 1. The van der Waals surface area contributed by atoms with Gasteiger partial charge in [-0.3, -0.25) is 4.79 Å². The number of aliphatic hydroxyl groups is 1. The number of nitrogens with zero attached hydrogens (tertiary/aromatic N) is 3. The van der Waals surface area contributed by atoms with Crippen LogP contribution in [0, 0.1) is 16.2 Å². The first-order valence-corrected chi connectivity index (χ1v) is 8.94. The summed E-state index contributed by atoms with van der Waals surface area (Å²) < 4.78 is 43.0. The number of aromatic amines is 1. The maximum Gasteiger partial charge on any atom is 0.416 e. The van der Waals surface area contributed by atoms with E-state index in [9.17, 15) is 33.2 Å². The van der Waals surface area contributed by atoms with E-state index in [1.54, 1.807) is 30.3 Å². The Kier molecular flexibility index (Phi) is 6.39. The first kappa shape index (κ1) is 22.3. The smallest absolute Gasteiger partial charge is 0.416 e. The zero-order valence-corrected chi connectivity index (χ0v) is 16.1. The first-order chi connectivity index (χ1) is 15.2. The van der Waals surface area contributed by atoms with E-state index in [1.807, 2.05) is 0 Å². The van der Waals surface area contributed by atoms with Crippen molar-refractivity contribution in [2.75, 3.05) is 18.5 Å². The average Bonchev–Trinajstić information content (AvgIpc) is 3.19. The Morgan fingerprint density at radius 1 is 1.28 bits per heavy atom. The molecule has 0 atom stereocenters. The molecule has 0 radical (unpaired) electrons. The van der Waals surface area contributed by atoms with Crippen LogP contribution in [0.15, 0.2) is 53.4 Å². The number of nitriles is 1. The van der Waals surface area contributed by atoms with Crippen LogP contribution >= 0.6 is 0 Å². The lowest BCUT2D eigenvalue weighted by atomic mass is 10.1. The largest absolute Gasteiger partial charge is 0.507 e. The number of carbonyl (C=O) groups is 1. The number of fused-ring (bicyclic) bond motifs is 1. The summed E-state index contributed by atoms with van der Waals surface area (Å²) in [5.74, 6) is -1.37. The lowest BCUT2D eigenvalue weighted by Gasteiger charge is -2.11. The SMILES string of the molecule is N#CC(=C(O)COC(=O)CNc1ccc(C(F)(F)F)cc1N=O)c1nc2ccccc2[nH]1. The van der Waals surface area contributed by atoms with E-state index in [1.165, 1.54) is 0 Å². The summed E-state index contributed by atoms with van der Waals surface area (Å²) in [5.41, 5.74) is -0.723. The summed E-state index contributed by atoms with van der Waals surface area (Å²) in [7, 11) is 0. The molecule has 1 heterocycles. The molecule has 0 aliphatic rings. The number of halogens is 3. The van der Waals surface area contributed by atoms with Gasteiger partial charge in [-0.15, -0.1) is 4.91 Å². The van der Waals surface area contributed by atoms with Gasteiger partial charge in [0.05, 0.1) is 22.3 Å². The molecule has 0 saturated heterocycles. The minimum absolute atomic E-state index is 0.0897. The molecule has 0 aliphatic carbocycles. The van der Waals surface area contributed by atoms with Gasteiger partial charge in [0, 0.05) is 0 Å². The van der Waals surface area contributed by atoms with Gasteiger partial charge in [0.25, 0.3) is 0 Å². The number of nitroso groups, excluding NO2 is 1. The molecule has 0 aliphatic heterocycles. The van der Waals surface area contributed by atoms with Crippen molar-refractivity contribution in [2.24, 2.45) is 5.18 Å². The van der Waals surface area contributed by atoms with E-state index in [4.69, 9.17) is 4.74 Å². The second-order valence-electron chi connectivity index (χ2n) is 6.37. The quantitative estimate of drug-likeness (QED) is 0.211. The Morgan fingerprint density at radius 3 is 2.69 bits per heavy atom. The van der Waals surface area contributed by atoms with Gasteiger partial charge in [-0.1, -0.05) is 12.1 Å². The highest BCUT2D eigenvalue weighted by molar-refractivity contribution is 5.83. The van der Waals surface area contributed by atoms with Gasteiger partial charge in [0.1, 0.15) is 30.5 Å². The second-order valence-corrected chi connectivity index (χ2v) is 6.37. The van der Waals surface area contributed by atoms with Crippen LogP contribution in [0.5, 0.6) is 0 Å². The summed E-state index contributed by atoms with van der Waals surface area (Å²) in [6.07, 6.45) is -4.65. The minimum Gasteiger partial charge on any atom is -0.507 e. The van der Waals surface area contributed by atoms with Gasteiger partial charge in [-0.25, -0.2) is 4.98 Å². The zero-order chi connectivity index (χ0) is 23.3. The third-order valence-electron chi connectivity index (χ3n) is 4.24. The fourth-order valence-electron chi connectivity index (χ4n) is 2.70.